The van der Waals surface area contributed by atoms with Crippen LogP contribution in [0.1, 0.15) is 59.8 Å². The molecular weight excluding hydrogens is 548 g/mol. The molecule has 0 bridgehead atoms. The van der Waals surface area contributed by atoms with Crippen LogP contribution in [0.25, 0.3) is 21.5 Å². The smallest absolute Gasteiger partial charge is 0.335 e. The van der Waals surface area contributed by atoms with Gasteiger partial charge in [0.15, 0.2) is 10.9 Å². The molecule has 3 heterocycles. The van der Waals surface area contributed by atoms with E-state index in [1.54, 1.807) is 0 Å². The number of aromatic carboxylic acids is 1. The van der Waals surface area contributed by atoms with Gasteiger partial charge in [-0.1, -0.05) is 51.9 Å². The van der Waals surface area contributed by atoms with Crippen molar-refractivity contribution in [3.63, 3.8) is 0 Å². The Kier molecular flexibility index (Phi) is 5.55. The minimum Gasteiger partial charge on any atom is -0.478 e. The molecular formula is C27H22Cl2FN5O2S. The van der Waals surface area contributed by atoms with Crippen molar-refractivity contribution in [1.82, 2.24) is 20.0 Å². The summed E-state index contributed by atoms with van der Waals surface area (Å²) in [5, 5.41) is 20.1. The molecule has 1 saturated carbocycles. The van der Waals surface area contributed by atoms with Gasteiger partial charge in [0, 0.05) is 19.0 Å². The van der Waals surface area contributed by atoms with Crippen LogP contribution in [0, 0.1) is 11.2 Å². The highest BCUT2D eigenvalue weighted by Gasteiger charge is 2.44. The van der Waals surface area contributed by atoms with Crippen LogP contribution in [0.15, 0.2) is 36.4 Å². The number of aromatic nitrogens is 4. The molecule has 1 aliphatic heterocycles. The number of fused-ring (bicyclic) bond motifs is 1. The normalized spacial score (nSPS) is 18.6. The van der Waals surface area contributed by atoms with Gasteiger partial charge in [-0.3, -0.25) is 0 Å². The zero-order valence-electron chi connectivity index (χ0n) is 20.1. The van der Waals surface area contributed by atoms with E-state index in [4.69, 9.17) is 23.2 Å². The van der Waals surface area contributed by atoms with Gasteiger partial charge < -0.3 is 10.0 Å². The molecule has 2 aliphatic carbocycles. The highest BCUT2D eigenvalue weighted by Crippen LogP contribution is 2.54. The first-order valence-electron chi connectivity index (χ1n) is 12.5. The molecule has 11 heteroatoms. The Morgan fingerprint density at radius 3 is 2.53 bits per heavy atom. The summed E-state index contributed by atoms with van der Waals surface area (Å²) in [6.45, 7) is 1.58. The maximum absolute atomic E-state index is 14.5. The number of carboxylic acids is 1. The van der Waals surface area contributed by atoms with E-state index in [1.807, 2.05) is 22.9 Å². The summed E-state index contributed by atoms with van der Waals surface area (Å²) in [6, 6.07) is 7.98. The zero-order chi connectivity index (χ0) is 26.2. The lowest BCUT2D eigenvalue weighted by atomic mass is 9.64. The van der Waals surface area contributed by atoms with Gasteiger partial charge in [0.25, 0.3) is 0 Å². The molecule has 38 heavy (non-hydrogen) atoms. The van der Waals surface area contributed by atoms with Crippen molar-refractivity contribution in [2.45, 2.75) is 38.0 Å². The van der Waals surface area contributed by atoms with E-state index >= 15 is 0 Å². The fourth-order valence-corrected chi connectivity index (χ4v) is 7.27. The van der Waals surface area contributed by atoms with E-state index in [1.165, 1.54) is 23.0 Å². The molecule has 2 fully saturated rings. The highest BCUT2D eigenvalue weighted by atomic mass is 35.5. The largest absolute Gasteiger partial charge is 0.478 e. The third-order valence-corrected chi connectivity index (χ3v) is 9.52. The molecule has 194 valence electrons. The Morgan fingerprint density at radius 2 is 1.87 bits per heavy atom. The predicted octanol–water partition coefficient (Wildman–Crippen LogP) is 6.97. The second-order valence-corrected chi connectivity index (χ2v) is 12.2. The van der Waals surface area contributed by atoms with Gasteiger partial charge in [0.05, 0.1) is 31.7 Å². The number of carboxylic acid groups (broad SMARTS) is 1. The van der Waals surface area contributed by atoms with Crippen LogP contribution in [-0.4, -0.2) is 44.1 Å². The predicted molar refractivity (Wildman–Crippen MR) is 146 cm³/mol. The minimum atomic E-state index is -1.15. The van der Waals surface area contributed by atoms with Crippen molar-refractivity contribution in [2.75, 3.05) is 18.0 Å². The Hall–Kier alpha value is -3.01. The second kappa shape index (κ2) is 8.76. The summed E-state index contributed by atoms with van der Waals surface area (Å²) in [4.78, 5) is 18.0. The number of hydrogen-bond acceptors (Lipinski definition) is 6. The lowest BCUT2D eigenvalue weighted by Gasteiger charge is -2.46. The molecule has 4 aromatic rings. The first-order valence-corrected chi connectivity index (χ1v) is 14.1. The summed E-state index contributed by atoms with van der Waals surface area (Å²) >= 11 is 14.4. The number of hydrogen-bond donors (Lipinski definition) is 1. The zero-order valence-corrected chi connectivity index (χ0v) is 22.5. The van der Waals surface area contributed by atoms with Gasteiger partial charge in [0.1, 0.15) is 11.2 Å². The van der Waals surface area contributed by atoms with Crippen molar-refractivity contribution in [2.24, 2.45) is 5.41 Å². The van der Waals surface area contributed by atoms with Crippen LogP contribution >= 0.6 is 34.5 Å². The molecule has 2 aromatic carbocycles. The Balaban J connectivity index is 1.14. The summed E-state index contributed by atoms with van der Waals surface area (Å²) in [5.74, 6) is -1.32. The second-order valence-electron chi connectivity index (χ2n) is 10.4. The molecule has 1 spiro atoms. The van der Waals surface area contributed by atoms with Crippen LogP contribution in [-0.2, 0) is 0 Å². The number of benzene rings is 2. The lowest BCUT2D eigenvalue weighted by Crippen LogP contribution is -2.42. The van der Waals surface area contributed by atoms with E-state index in [9.17, 15) is 14.3 Å². The average Bonchev–Trinajstić information content (AvgIpc) is 3.47. The van der Waals surface area contributed by atoms with Crippen LogP contribution in [0.4, 0.5) is 9.52 Å². The van der Waals surface area contributed by atoms with Crippen molar-refractivity contribution < 1.29 is 14.3 Å². The first kappa shape index (κ1) is 24.1. The third kappa shape index (κ3) is 3.90. The van der Waals surface area contributed by atoms with Gasteiger partial charge in [0.2, 0.25) is 0 Å². The highest BCUT2D eigenvalue weighted by molar-refractivity contribution is 7.22. The molecule has 0 atom stereocenters. The minimum absolute atomic E-state index is 0.0627. The quantitative estimate of drug-likeness (QED) is 0.279. The SMILES string of the molecule is O=C(O)c1cc(F)c2nc(N3CCC4(C=C(c5c(C6CC6)nnn5-c5c(Cl)cccc5Cl)C4)CC3)sc2c1. The van der Waals surface area contributed by atoms with Crippen molar-refractivity contribution in [1.29, 1.82) is 0 Å². The summed E-state index contributed by atoms with van der Waals surface area (Å²) in [7, 11) is 0. The average molecular weight is 570 g/mol. The Labute approximate surface area is 231 Å². The summed E-state index contributed by atoms with van der Waals surface area (Å²) in [5.41, 5.74) is 4.19. The van der Waals surface area contributed by atoms with Crippen LogP contribution in [0.5, 0.6) is 0 Å². The van der Waals surface area contributed by atoms with E-state index in [0.29, 0.717) is 26.4 Å². The number of piperidine rings is 1. The standard InChI is InChI=1S/C27H22Cl2FN5O2S/c28-17-2-1-3-18(29)24(17)35-23(21(32-33-35)14-4-5-14)16-12-27(13-16)6-8-34(9-7-27)26-31-22-19(30)10-15(25(36)37)11-20(22)38-26/h1-3,10-12,14H,4-9,13H2,(H,36,37). The van der Waals surface area contributed by atoms with E-state index in [0.717, 1.165) is 67.8 Å². The fraction of sp³-hybridized carbons (Fsp3) is 0.333. The Morgan fingerprint density at radius 1 is 1.16 bits per heavy atom. The van der Waals surface area contributed by atoms with Gasteiger partial charge in [-0.25, -0.2) is 18.9 Å². The molecule has 0 amide bonds. The molecule has 3 aliphatic rings. The monoisotopic (exact) mass is 569 g/mol. The number of rotatable bonds is 5. The molecule has 7 nitrogen and oxygen atoms in total. The maximum atomic E-state index is 14.5. The van der Waals surface area contributed by atoms with E-state index < -0.39 is 11.8 Å². The molecule has 2 aromatic heterocycles. The van der Waals surface area contributed by atoms with Gasteiger partial charge in [-0.15, -0.1) is 5.10 Å². The first-order chi connectivity index (χ1) is 18.3. The van der Waals surface area contributed by atoms with Crippen LogP contribution < -0.4 is 4.90 Å². The number of thiazole rings is 1. The van der Waals surface area contributed by atoms with Gasteiger partial charge in [-0.2, -0.15) is 0 Å². The number of allylic oxidation sites excluding steroid dienone is 2. The number of nitrogens with zero attached hydrogens (tertiary/aromatic N) is 5. The fourth-order valence-electron chi connectivity index (χ4n) is 5.65. The molecule has 1 saturated heterocycles. The molecule has 7 rings (SSSR count). The number of halogens is 3. The number of anilines is 1. The number of para-hydroxylation sites is 1. The van der Waals surface area contributed by atoms with Crippen LogP contribution in [0.3, 0.4) is 0 Å². The van der Waals surface area contributed by atoms with E-state index in [-0.39, 0.29) is 16.5 Å². The Bertz CT molecular complexity index is 1630. The van der Waals surface area contributed by atoms with Crippen LogP contribution in [0.2, 0.25) is 10.0 Å². The van der Waals surface area contributed by atoms with Crippen molar-refractivity contribution in [3.8, 4) is 5.69 Å². The summed E-state index contributed by atoms with van der Waals surface area (Å²) < 4.78 is 16.8. The maximum Gasteiger partial charge on any atom is 0.335 e. The molecule has 1 N–H and O–H groups in total. The lowest BCUT2D eigenvalue weighted by molar-refractivity contribution is 0.0696. The number of carbonyl (C=O) groups is 1. The molecule has 0 radical (unpaired) electrons. The van der Waals surface area contributed by atoms with Crippen molar-refractivity contribution >= 4 is 61.4 Å². The van der Waals surface area contributed by atoms with Crippen molar-refractivity contribution in [3.05, 3.63) is 69.2 Å². The molecule has 0 unspecified atom stereocenters. The third-order valence-electron chi connectivity index (χ3n) is 7.85. The summed E-state index contributed by atoms with van der Waals surface area (Å²) in [6.07, 6.45) is 7.42. The van der Waals surface area contributed by atoms with Gasteiger partial charge >= 0.3 is 5.97 Å². The topological polar surface area (TPSA) is 84.1 Å². The van der Waals surface area contributed by atoms with E-state index in [2.05, 4.69) is 26.3 Å². The van der Waals surface area contributed by atoms with Gasteiger partial charge in [-0.05, 0) is 67.4 Å².